The van der Waals surface area contributed by atoms with Gasteiger partial charge in [-0.3, -0.25) is 4.98 Å². The highest BCUT2D eigenvalue weighted by Crippen LogP contribution is 2.28. The number of hydrogen-bond donors (Lipinski definition) is 2. The van der Waals surface area contributed by atoms with E-state index in [0.29, 0.717) is 6.07 Å². The highest BCUT2D eigenvalue weighted by Gasteiger charge is 2.32. The van der Waals surface area contributed by atoms with Crippen LogP contribution in [0, 0.1) is 5.41 Å². The summed E-state index contributed by atoms with van der Waals surface area (Å²) in [5, 5.41) is 6.78. The fraction of sp³-hybridized carbons (Fsp3) is 0.143. The molecule has 0 unspecified atom stereocenters. The average molecular weight is 189 g/mol. The van der Waals surface area contributed by atoms with E-state index in [1.165, 1.54) is 0 Å². The van der Waals surface area contributed by atoms with Crippen molar-refractivity contribution in [3.8, 4) is 0 Å². The first-order chi connectivity index (χ1) is 5.95. The van der Waals surface area contributed by atoms with Gasteiger partial charge in [0.1, 0.15) is 5.69 Å². The third-order valence-electron chi connectivity index (χ3n) is 1.41. The largest absolute Gasteiger partial charge is 0.433 e. The number of hydrogen-bond acceptors (Lipinski definition) is 3. The van der Waals surface area contributed by atoms with Crippen molar-refractivity contribution < 1.29 is 13.2 Å². The number of rotatable bonds is 1. The van der Waals surface area contributed by atoms with E-state index in [2.05, 4.69) is 4.98 Å². The minimum absolute atomic E-state index is 0.0997. The first-order valence-corrected chi connectivity index (χ1v) is 3.28. The third kappa shape index (κ3) is 1.95. The minimum atomic E-state index is -4.49. The normalized spacial score (nSPS) is 11.3. The van der Waals surface area contributed by atoms with Crippen molar-refractivity contribution in [2.45, 2.75) is 6.18 Å². The first kappa shape index (κ1) is 9.50. The average Bonchev–Trinajstić information content (AvgIpc) is 2.02. The van der Waals surface area contributed by atoms with E-state index in [9.17, 15) is 13.2 Å². The molecule has 13 heavy (non-hydrogen) atoms. The summed E-state index contributed by atoms with van der Waals surface area (Å²) in [7, 11) is 0. The van der Waals surface area contributed by atoms with Gasteiger partial charge >= 0.3 is 6.18 Å². The van der Waals surface area contributed by atoms with Crippen molar-refractivity contribution >= 4 is 11.9 Å². The number of halogens is 3. The molecule has 0 amide bonds. The first-order valence-electron chi connectivity index (χ1n) is 3.28. The zero-order chi connectivity index (χ0) is 10.1. The Morgan fingerprint density at radius 1 is 1.46 bits per heavy atom. The smallest absolute Gasteiger partial charge is 0.398 e. The van der Waals surface area contributed by atoms with Crippen LogP contribution in [0.3, 0.4) is 0 Å². The van der Waals surface area contributed by atoms with Gasteiger partial charge in [0.15, 0.2) is 0 Å². The van der Waals surface area contributed by atoms with Crippen LogP contribution in [-0.4, -0.2) is 11.2 Å². The Morgan fingerprint density at radius 2 is 2.08 bits per heavy atom. The molecule has 0 saturated heterocycles. The van der Waals surface area contributed by atoms with Crippen LogP contribution in [0.15, 0.2) is 12.3 Å². The van der Waals surface area contributed by atoms with Gasteiger partial charge in [-0.25, -0.2) is 0 Å². The molecule has 3 nitrogen and oxygen atoms in total. The molecule has 0 saturated carbocycles. The molecular formula is C7H6F3N3. The van der Waals surface area contributed by atoms with Crippen LogP contribution in [0.1, 0.15) is 11.3 Å². The Hall–Kier alpha value is -1.59. The van der Waals surface area contributed by atoms with Gasteiger partial charge in [-0.2, -0.15) is 13.2 Å². The van der Waals surface area contributed by atoms with Crippen molar-refractivity contribution in [2.75, 3.05) is 5.73 Å². The number of nitrogens with two attached hydrogens (primary N) is 1. The molecule has 0 fully saturated rings. The van der Waals surface area contributed by atoms with Gasteiger partial charge in [0, 0.05) is 23.7 Å². The molecule has 1 rings (SSSR count). The van der Waals surface area contributed by atoms with Gasteiger partial charge in [-0.05, 0) is 6.07 Å². The lowest BCUT2D eigenvalue weighted by Gasteiger charge is -2.06. The number of pyridine rings is 1. The van der Waals surface area contributed by atoms with Crippen molar-refractivity contribution in [1.82, 2.24) is 4.98 Å². The highest BCUT2D eigenvalue weighted by molar-refractivity contribution is 5.84. The molecule has 1 aromatic heterocycles. The highest BCUT2D eigenvalue weighted by atomic mass is 19.4. The molecule has 0 aliphatic rings. The Labute approximate surface area is 71.9 Å². The molecule has 1 heterocycles. The van der Waals surface area contributed by atoms with Gasteiger partial charge in [-0.1, -0.05) is 0 Å². The summed E-state index contributed by atoms with van der Waals surface area (Å²) in [5.41, 5.74) is 4.27. The van der Waals surface area contributed by atoms with E-state index in [0.717, 1.165) is 12.4 Å². The maximum Gasteiger partial charge on any atom is 0.433 e. The molecule has 3 N–H and O–H groups in total. The van der Waals surface area contributed by atoms with Gasteiger partial charge in [-0.15, -0.1) is 0 Å². The minimum Gasteiger partial charge on any atom is -0.398 e. The van der Waals surface area contributed by atoms with Gasteiger partial charge < -0.3 is 11.1 Å². The second-order valence-corrected chi connectivity index (χ2v) is 2.34. The molecule has 70 valence electrons. The van der Waals surface area contributed by atoms with Gasteiger partial charge in [0.05, 0.1) is 0 Å². The molecule has 0 bridgehead atoms. The van der Waals surface area contributed by atoms with Crippen LogP contribution in [0.4, 0.5) is 18.9 Å². The second-order valence-electron chi connectivity index (χ2n) is 2.34. The Balaban J connectivity index is 3.17. The number of nitrogens with one attached hydrogen (secondary N) is 1. The lowest BCUT2D eigenvalue weighted by molar-refractivity contribution is -0.141. The van der Waals surface area contributed by atoms with Crippen LogP contribution in [0.5, 0.6) is 0 Å². The van der Waals surface area contributed by atoms with Crippen LogP contribution in [-0.2, 0) is 6.18 Å². The lowest BCUT2D eigenvalue weighted by atomic mass is 10.2. The summed E-state index contributed by atoms with van der Waals surface area (Å²) < 4.78 is 36.1. The molecular weight excluding hydrogens is 183 g/mol. The number of alkyl halides is 3. The van der Waals surface area contributed by atoms with Crippen molar-refractivity contribution in [3.05, 3.63) is 23.5 Å². The monoisotopic (exact) mass is 189 g/mol. The maximum atomic E-state index is 12.0. The van der Waals surface area contributed by atoms with Crippen LogP contribution < -0.4 is 5.73 Å². The lowest BCUT2D eigenvalue weighted by Crippen LogP contribution is -2.09. The Morgan fingerprint density at radius 3 is 2.46 bits per heavy atom. The number of nitrogen functional groups attached to an aromatic ring is 1. The topological polar surface area (TPSA) is 62.8 Å². The fourth-order valence-corrected chi connectivity index (χ4v) is 0.757. The Bertz CT molecular complexity index is 332. The summed E-state index contributed by atoms with van der Waals surface area (Å²) in [6.45, 7) is 0. The quantitative estimate of drug-likeness (QED) is 0.660. The third-order valence-corrected chi connectivity index (χ3v) is 1.41. The molecule has 0 aromatic carbocycles. The predicted octanol–water partition coefficient (Wildman–Crippen LogP) is 1.68. The fourth-order valence-electron chi connectivity index (χ4n) is 0.757. The predicted molar refractivity (Wildman–Crippen MR) is 41.5 cm³/mol. The molecule has 0 atom stereocenters. The molecule has 6 heteroatoms. The summed E-state index contributed by atoms with van der Waals surface area (Å²) >= 11 is 0. The maximum absolute atomic E-state index is 12.0. The van der Waals surface area contributed by atoms with Crippen LogP contribution in [0.2, 0.25) is 0 Å². The molecule has 0 aliphatic carbocycles. The van der Waals surface area contributed by atoms with Crippen molar-refractivity contribution in [2.24, 2.45) is 0 Å². The van der Waals surface area contributed by atoms with E-state index < -0.39 is 11.9 Å². The standard InChI is InChI=1S/C7H6F3N3/c8-7(9,10)6-1-5(12)4(2-11)3-13-6/h1-3,11H,(H2,12,13). The molecule has 0 spiro atoms. The summed E-state index contributed by atoms with van der Waals surface area (Å²) in [4.78, 5) is 3.13. The van der Waals surface area contributed by atoms with E-state index in [1.807, 2.05) is 0 Å². The zero-order valence-electron chi connectivity index (χ0n) is 6.39. The molecule has 0 aliphatic heterocycles. The van der Waals surface area contributed by atoms with Crippen LogP contribution >= 0.6 is 0 Å². The van der Waals surface area contributed by atoms with E-state index in [4.69, 9.17) is 11.1 Å². The number of nitrogens with zero attached hydrogens (tertiary/aromatic N) is 1. The van der Waals surface area contributed by atoms with Gasteiger partial charge in [0.25, 0.3) is 0 Å². The van der Waals surface area contributed by atoms with Gasteiger partial charge in [0.2, 0.25) is 0 Å². The number of aromatic nitrogens is 1. The van der Waals surface area contributed by atoms with E-state index in [-0.39, 0.29) is 11.3 Å². The summed E-state index contributed by atoms with van der Waals surface area (Å²) in [6.07, 6.45) is -2.72. The van der Waals surface area contributed by atoms with E-state index in [1.54, 1.807) is 0 Å². The summed E-state index contributed by atoms with van der Waals surface area (Å²) in [5.74, 6) is 0. The summed E-state index contributed by atoms with van der Waals surface area (Å²) in [6, 6.07) is 0.709. The SMILES string of the molecule is N=Cc1cnc(C(F)(F)F)cc1N. The molecule has 1 aromatic rings. The zero-order valence-corrected chi connectivity index (χ0v) is 6.39. The van der Waals surface area contributed by atoms with E-state index >= 15 is 0 Å². The second kappa shape index (κ2) is 3.04. The van der Waals surface area contributed by atoms with Crippen molar-refractivity contribution in [3.63, 3.8) is 0 Å². The number of anilines is 1. The van der Waals surface area contributed by atoms with Crippen molar-refractivity contribution in [1.29, 1.82) is 5.41 Å². The Kier molecular flexibility index (Phi) is 2.22. The van der Waals surface area contributed by atoms with Crippen LogP contribution in [0.25, 0.3) is 0 Å². The molecule has 0 radical (unpaired) electrons.